The summed E-state index contributed by atoms with van der Waals surface area (Å²) in [6, 6.07) is 8.87. The third-order valence-electron chi connectivity index (χ3n) is 4.52. The van der Waals surface area contributed by atoms with Crippen molar-refractivity contribution >= 4 is 6.03 Å². The van der Waals surface area contributed by atoms with Crippen molar-refractivity contribution < 1.29 is 9.53 Å². The van der Waals surface area contributed by atoms with Gasteiger partial charge in [-0.1, -0.05) is 24.3 Å². The van der Waals surface area contributed by atoms with Crippen LogP contribution in [0, 0.1) is 6.92 Å². The summed E-state index contributed by atoms with van der Waals surface area (Å²) in [5, 5.41) is 3.03. The first kappa shape index (κ1) is 16.8. The number of carbonyl (C=O) groups excluding carboxylic acids is 1. The summed E-state index contributed by atoms with van der Waals surface area (Å²) < 4.78 is 5.02. The van der Waals surface area contributed by atoms with Gasteiger partial charge in [-0.25, -0.2) is 4.79 Å². The number of rotatable bonds is 6. The van der Waals surface area contributed by atoms with E-state index in [0.717, 1.165) is 39.0 Å². The Balaban J connectivity index is 1.85. The molecular formula is C18H28N2O2. The highest BCUT2D eigenvalue weighted by molar-refractivity contribution is 5.75. The fraction of sp³-hybridized carbons (Fsp3) is 0.611. The number of carbonyl (C=O) groups is 1. The van der Waals surface area contributed by atoms with E-state index >= 15 is 0 Å². The first-order chi connectivity index (χ1) is 10.6. The molecule has 0 saturated carbocycles. The van der Waals surface area contributed by atoms with E-state index in [0.29, 0.717) is 12.0 Å². The van der Waals surface area contributed by atoms with Crippen LogP contribution in [-0.2, 0) is 4.74 Å². The average molecular weight is 304 g/mol. The van der Waals surface area contributed by atoms with Crippen LogP contribution in [0.5, 0.6) is 0 Å². The molecule has 1 fully saturated rings. The van der Waals surface area contributed by atoms with E-state index in [4.69, 9.17) is 4.74 Å². The van der Waals surface area contributed by atoms with Gasteiger partial charge >= 0.3 is 6.03 Å². The molecule has 1 aliphatic heterocycles. The second-order valence-electron chi connectivity index (χ2n) is 6.22. The molecule has 22 heavy (non-hydrogen) atoms. The van der Waals surface area contributed by atoms with Crippen LogP contribution in [0.2, 0.25) is 0 Å². The van der Waals surface area contributed by atoms with E-state index < -0.39 is 0 Å². The number of methoxy groups -OCH3 is 1. The SMILES string of the molecule is COCCCCNC(=O)N1CC(c2ccccc2C)CC1C. The molecule has 1 aromatic carbocycles. The monoisotopic (exact) mass is 304 g/mol. The van der Waals surface area contributed by atoms with Crippen molar-refractivity contribution in [2.24, 2.45) is 0 Å². The molecule has 1 saturated heterocycles. The van der Waals surface area contributed by atoms with Gasteiger partial charge < -0.3 is 15.0 Å². The molecule has 1 N–H and O–H groups in total. The minimum atomic E-state index is 0.0704. The molecule has 1 heterocycles. The van der Waals surface area contributed by atoms with Crippen LogP contribution in [0.1, 0.15) is 43.2 Å². The number of hydrogen-bond acceptors (Lipinski definition) is 2. The van der Waals surface area contributed by atoms with Crippen LogP contribution < -0.4 is 5.32 Å². The van der Waals surface area contributed by atoms with E-state index in [-0.39, 0.29) is 6.03 Å². The zero-order valence-electron chi connectivity index (χ0n) is 14.0. The number of ether oxygens (including phenoxy) is 1. The van der Waals surface area contributed by atoms with Gasteiger partial charge in [-0.05, 0) is 44.2 Å². The van der Waals surface area contributed by atoms with Gasteiger partial charge in [0.05, 0.1) is 0 Å². The highest BCUT2D eigenvalue weighted by atomic mass is 16.5. The molecule has 1 aromatic rings. The highest BCUT2D eigenvalue weighted by Crippen LogP contribution is 2.33. The van der Waals surface area contributed by atoms with Gasteiger partial charge in [0.2, 0.25) is 0 Å². The summed E-state index contributed by atoms with van der Waals surface area (Å²) in [6.45, 7) is 6.59. The maximum absolute atomic E-state index is 12.3. The standard InChI is InChI=1S/C18H28N2O2/c1-14-8-4-5-9-17(14)16-12-15(2)20(13-16)18(21)19-10-6-7-11-22-3/h4-5,8-9,15-16H,6-7,10-13H2,1-3H3,(H,19,21). The molecule has 0 spiro atoms. The Morgan fingerprint density at radius 2 is 2.14 bits per heavy atom. The predicted octanol–water partition coefficient (Wildman–Crippen LogP) is 3.31. The van der Waals surface area contributed by atoms with Gasteiger partial charge in [0.25, 0.3) is 0 Å². The number of aryl methyl sites for hydroxylation is 1. The lowest BCUT2D eigenvalue weighted by molar-refractivity contribution is 0.187. The van der Waals surface area contributed by atoms with Gasteiger partial charge in [0.15, 0.2) is 0 Å². The molecule has 4 heteroatoms. The van der Waals surface area contributed by atoms with E-state index in [2.05, 4.69) is 43.4 Å². The molecule has 2 atom stereocenters. The van der Waals surface area contributed by atoms with Crippen LogP contribution >= 0.6 is 0 Å². The number of hydrogen-bond donors (Lipinski definition) is 1. The van der Waals surface area contributed by atoms with Crippen molar-refractivity contribution in [2.45, 2.75) is 45.1 Å². The summed E-state index contributed by atoms with van der Waals surface area (Å²) in [5.41, 5.74) is 2.70. The number of nitrogens with one attached hydrogen (secondary N) is 1. The third-order valence-corrected chi connectivity index (χ3v) is 4.52. The average Bonchev–Trinajstić information content (AvgIpc) is 2.89. The number of benzene rings is 1. The lowest BCUT2D eigenvalue weighted by Crippen LogP contribution is -2.42. The maximum Gasteiger partial charge on any atom is 0.317 e. The number of urea groups is 1. The number of nitrogens with zero attached hydrogens (tertiary/aromatic N) is 1. The molecule has 2 amide bonds. The van der Waals surface area contributed by atoms with Crippen LogP contribution in [0.15, 0.2) is 24.3 Å². The third kappa shape index (κ3) is 4.23. The topological polar surface area (TPSA) is 41.6 Å². The Morgan fingerprint density at radius 1 is 1.36 bits per heavy atom. The molecule has 0 bridgehead atoms. The Hall–Kier alpha value is -1.55. The van der Waals surface area contributed by atoms with E-state index in [1.165, 1.54) is 11.1 Å². The largest absolute Gasteiger partial charge is 0.385 e. The fourth-order valence-electron chi connectivity index (χ4n) is 3.25. The quantitative estimate of drug-likeness (QED) is 0.819. The lowest BCUT2D eigenvalue weighted by atomic mass is 9.93. The Labute approximate surface area is 133 Å². The first-order valence-corrected chi connectivity index (χ1v) is 8.22. The van der Waals surface area contributed by atoms with E-state index in [1.807, 2.05) is 4.90 Å². The van der Waals surface area contributed by atoms with Crippen LogP contribution in [0.3, 0.4) is 0 Å². The van der Waals surface area contributed by atoms with Crippen molar-refractivity contribution in [1.29, 1.82) is 0 Å². The molecule has 2 unspecified atom stereocenters. The molecule has 0 aromatic heterocycles. The molecule has 4 nitrogen and oxygen atoms in total. The summed E-state index contributed by atoms with van der Waals surface area (Å²) in [7, 11) is 1.70. The van der Waals surface area contributed by atoms with Crippen LogP contribution in [0.25, 0.3) is 0 Å². The van der Waals surface area contributed by atoms with Gasteiger partial charge in [0, 0.05) is 38.8 Å². The van der Waals surface area contributed by atoms with Gasteiger partial charge in [-0.15, -0.1) is 0 Å². The molecule has 2 rings (SSSR count). The summed E-state index contributed by atoms with van der Waals surface area (Å²) in [5.74, 6) is 0.454. The fourth-order valence-corrected chi connectivity index (χ4v) is 3.25. The first-order valence-electron chi connectivity index (χ1n) is 8.22. The van der Waals surface area contributed by atoms with Crippen molar-refractivity contribution in [3.8, 4) is 0 Å². The van der Waals surface area contributed by atoms with Crippen LogP contribution in [0.4, 0.5) is 4.79 Å². The predicted molar refractivity (Wildman–Crippen MR) is 89.2 cm³/mol. The second kappa shape index (κ2) is 8.18. The lowest BCUT2D eigenvalue weighted by Gasteiger charge is -2.22. The van der Waals surface area contributed by atoms with Crippen molar-refractivity contribution in [3.05, 3.63) is 35.4 Å². The number of unbranched alkanes of at least 4 members (excludes halogenated alkanes) is 1. The maximum atomic E-state index is 12.3. The smallest absolute Gasteiger partial charge is 0.317 e. The van der Waals surface area contributed by atoms with Crippen LogP contribution in [-0.4, -0.2) is 43.8 Å². The minimum Gasteiger partial charge on any atom is -0.385 e. The molecule has 1 aliphatic rings. The Morgan fingerprint density at radius 3 is 2.86 bits per heavy atom. The Bertz CT molecular complexity index is 490. The van der Waals surface area contributed by atoms with Gasteiger partial charge in [-0.3, -0.25) is 0 Å². The van der Waals surface area contributed by atoms with Gasteiger partial charge in [0.1, 0.15) is 0 Å². The zero-order valence-corrected chi connectivity index (χ0v) is 14.0. The number of amides is 2. The summed E-state index contributed by atoms with van der Waals surface area (Å²) in [6.07, 6.45) is 2.99. The van der Waals surface area contributed by atoms with Crippen molar-refractivity contribution in [2.75, 3.05) is 26.8 Å². The van der Waals surface area contributed by atoms with E-state index in [9.17, 15) is 4.79 Å². The molecule has 0 radical (unpaired) electrons. The van der Waals surface area contributed by atoms with E-state index in [1.54, 1.807) is 7.11 Å². The molecule has 0 aliphatic carbocycles. The van der Waals surface area contributed by atoms with Crippen molar-refractivity contribution in [1.82, 2.24) is 10.2 Å². The molecule has 122 valence electrons. The summed E-state index contributed by atoms with van der Waals surface area (Å²) >= 11 is 0. The zero-order chi connectivity index (χ0) is 15.9. The molecular weight excluding hydrogens is 276 g/mol. The summed E-state index contributed by atoms with van der Waals surface area (Å²) in [4.78, 5) is 14.3. The normalized spacial score (nSPS) is 21.1. The highest BCUT2D eigenvalue weighted by Gasteiger charge is 2.33. The van der Waals surface area contributed by atoms with Gasteiger partial charge in [-0.2, -0.15) is 0 Å². The minimum absolute atomic E-state index is 0.0704. The number of likely N-dealkylation sites (tertiary alicyclic amines) is 1. The Kier molecular flexibility index (Phi) is 6.25. The van der Waals surface area contributed by atoms with Crippen molar-refractivity contribution in [3.63, 3.8) is 0 Å². The second-order valence-corrected chi connectivity index (χ2v) is 6.22.